The van der Waals surface area contributed by atoms with Gasteiger partial charge in [-0.05, 0) is 12.8 Å². The summed E-state index contributed by atoms with van der Waals surface area (Å²) in [4.78, 5) is 13.1. The van der Waals surface area contributed by atoms with Crippen LogP contribution in [0.4, 0.5) is 4.79 Å². The molecule has 0 rings (SSSR count). The van der Waals surface area contributed by atoms with Gasteiger partial charge in [-0.1, -0.05) is 13.8 Å². The molecule has 0 aliphatic heterocycles. The SMILES string of the molecule is CCCN(CCC)C(=O)N(C)S(=O)(=O)Cl. The van der Waals surface area contributed by atoms with Gasteiger partial charge in [-0.25, -0.2) is 9.10 Å². The molecule has 0 heterocycles. The highest BCUT2D eigenvalue weighted by Gasteiger charge is 2.24. The standard InChI is InChI=1S/C8H17ClN2O3S/c1-4-6-11(7-5-2)8(12)10(3)15(9,13)14/h4-7H2,1-3H3. The normalized spacial score (nSPS) is 11.2. The fourth-order valence-electron chi connectivity index (χ4n) is 1.14. The molecule has 0 bridgehead atoms. The summed E-state index contributed by atoms with van der Waals surface area (Å²) in [7, 11) is 2.26. The van der Waals surface area contributed by atoms with Gasteiger partial charge >= 0.3 is 15.3 Å². The van der Waals surface area contributed by atoms with Crippen molar-refractivity contribution in [2.45, 2.75) is 26.7 Å². The van der Waals surface area contributed by atoms with E-state index >= 15 is 0 Å². The second-order valence-corrected chi connectivity index (χ2v) is 5.72. The number of halogens is 1. The third kappa shape index (κ3) is 4.70. The Morgan fingerprint density at radius 3 is 1.87 bits per heavy atom. The molecule has 15 heavy (non-hydrogen) atoms. The van der Waals surface area contributed by atoms with Crippen LogP contribution in [0, 0.1) is 0 Å². The molecule has 0 aromatic heterocycles. The van der Waals surface area contributed by atoms with Crippen molar-refractivity contribution in [2.75, 3.05) is 20.1 Å². The molecule has 0 N–H and O–H groups in total. The Kier molecular flexibility index (Phi) is 5.97. The summed E-state index contributed by atoms with van der Waals surface area (Å²) in [6.07, 6.45) is 1.56. The van der Waals surface area contributed by atoms with Crippen LogP contribution >= 0.6 is 10.7 Å². The fourth-order valence-corrected chi connectivity index (χ4v) is 1.61. The van der Waals surface area contributed by atoms with E-state index in [1.54, 1.807) is 0 Å². The van der Waals surface area contributed by atoms with E-state index < -0.39 is 15.3 Å². The zero-order valence-electron chi connectivity index (χ0n) is 9.23. The lowest BCUT2D eigenvalue weighted by Gasteiger charge is -2.25. The lowest BCUT2D eigenvalue weighted by Crippen LogP contribution is -2.43. The minimum absolute atomic E-state index is 0.531. The Bertz CT molecular complexity index is 299. The fraction of sp³-hybridized carbons (Fsp3) is 0.875. The van der Waals surface area contributed by atoms with E-state index in [1.165, 1.54) is 4.90 Å². The van der Waals surface area contributed by atoms with Crippen LogP contribution in [-0.2, 0) is 9.24 Å². The average Bonchev–Trinajstić information content (AvgIpc) is 2.14. The summed E-state index contributed by atoms with van der Waals surface area (Å²) in [5.41, 5.74) is 0. The highest BCUT2D eigenvalue weighted by Crippen LogP contribution is 2.08. The Morgan fingerprint density at radius 1 is 1.20 bits per heavy atom. The minimum Gasteiger partial charge on any atom is -0.324 e. The number of urea groups is 1. The molecule has 2 amide bonds. The minimum atomic E-state index is -3.97. The predicted octanol–water partition coefficient (Wildman–Crippen LogP) is 1.64. The van der Waals surface area contributed by atoms with Crippen molar-refractivity contribution >= 4 is 26.0 Å². The first-order chi connectivity index (χ1) is 6.84. The molecule has 0 unspecified atom stereocenters. The summed E-state index contributed by atoms with van der Waals surface area (Å²) >= 11 is 0. The first-order valence-corrected chi connectivity index (χ1v) is 7.08. The van der Waals surface area contributed by atoms with Gasteiger partial charge in [0.05, 0.1) is 0 Å². The maximum Gasteiger partial charge on any atom is 0.334 e. The molecule has 7 heteroatoms. The monoisotopic (exact) mass is 256 g/mol. The Hall–Kier alpha value is -0.490. The van der Waals surface area contributed by atoms with Crippen LogP contribution in [-0.4, -0.2) is 43.8 Å². The van der Waals surface area contributed by atoms with Crippen molar-refractivity contribution in [2.24, 2.45) is 0 Å². The van der Waals surface area contributed by atoms with Crippen molar-refractivity contribution in [3.63, 3.8) is 0 Å². The number of rotatable bonds is 5. The number of amides is 2. The Morgan fingerprint density at radius 2 is 1.60 bits per heavy atom. The van der Waals surface area contributed by atoms with Crippen LogP contribution in [0.15, 0.2) is 0 Å². The first-order valence-electron chi connectivity index (χ1n) is 4.82. The molecule has 0 aliphatic carbocycles. The van der Waals surface area contributed by atoms with Gasteiger partial charge in [0.1, 0.15) is 0 Å². The summed E-state index contributed by atoms with van der Waals surface area (Å²) < 4.78 is 22.4. The van der Waals surface area contributed by atoms with Crippen LogP contribution in [0.3, 0.4) is 0 Å². The predicted molar refractivity (Wildman–Crippen MR) is 60.1 cm³/mol. The van der Waals surface area contributed by atoms with E-state index in [1.807, 2.05) is 13.8 Å². The Balaban J connectivity index is 4.63. The molecule has 0 fully saturated rings. The zero-order valence-corrected chi connectivity index (χ0v) is 10.8. The third-order valence-electron chi connectivity index (χ3n) is 1.85. The number of hydrogen-bond donors (Lipinski definition) is 0. The van der Waals surface area contributed by atoms with Crippen LogP contribution in [0.1, 0.15) is 26.7 Å². The highest BCUT2D eigenvalue weighted by atomic mass is 35.7. The highest BCUT2D eigenvalue weighted by molar-refractivity contribution is 8.12. The van der Waals surface area contributed by atoms with Gasteiger partial charge in [0, 0.05) is 30.8 Å². The van der Waals surface area contributed by atoms with Crippen molar-refractivity contribution in [1.29, 1.82) is 0 Å². The second-order valence-electron chi connectivity index (χ2n) is 3.18. The molecule has 0 saturated heterocycles. The number of nitrogens with zero attached hydrogens (tertiary/aromatic N) is 2. The molecule has 0 spiro atoms. The number of hydrogen-bond acceptors (Lipinski definition) is 3. The third-order valence-corrected chi connectivity index (χ3v) is 3.29. The van der Waals surface area contributed by atoms with Gasteiger partial charge in [0.15, 0.2) is 0 Å². The van der Waals surface area contributed by atoms with E-state index in [9.17, 15) is 13.2 Å². The molecule has 0 aliphatic rings. The molecule has 0 aromatic carbocycles. The van der Waals surface area contributed by atoms with E-state index in [0.717, 1.165) is 19.9 Å². The van der Waals surface area contributed by atoms with Crippen molar-refractivity contribution < 1.29 is 13.2 Å². The van der Waals surface area contributed by atoms with Gasteiger partial charge in [-0.15, -0.1) is 0 Å². The largest absolute Gasteiger partial charge is 0.334 e. The molecule has 0 aromatic rings. The Labute approximate surface area is 95.5 Å². The van der Waals surface area contributed by atoms with Crippen molar-refractivity contribution in [1.82, 2.24) is 9.21 Å². The van der Waals surface area contributed by atoms with E-state index in [0.29, 0.717) is 17.4 Å². The number of carbonyl (C=O) groups is 1. The van der Waals surface area contributed by atoms with Crippen LogP contribution < -0.4 is 0 Å². The van der Waals surface area contributed by atoms with E-state index in [-0.39, 0.29) is 0 Å². The summed E-state index contributed by atoms with van der Waals surface area (Å²) in [6, 6.07) is -0.575. The van der Waals surface area contributed by atoms with Crippen molar-refractivity contribution in [3.05, 3.63) is 0 Å². The van der Waals surface area contributed by atoms with Gasteiger partial charge < -0.3 is 4.90 Å². The lowest BCUT2D eigenvalue weighted by atomic mass is 10.4. The van der Waals surface area contributed by atoms with Gasteiger partial charge in [-0.3, -0.25) is 0 Å². The lowest BCUT2D eigenvalue weighted by molar-refractivity contribution is 0.183. The summed E-state index contributed by atoms with van der Waals surface area (Å²) in [5.74, 6) is 0. The van der Waals surface area contributed by atoms with Crippen LogP contribution in [0.25, 0.3) is 0 Å². The summed E-state index contributed by atoms with van der Waals surface area (Å²) in [5, 5.41) is 0. The van der Waals surface area contributed by atoms with E-state index in [2.05, 4.69) is 0 Å². The molecule has 0 saturated carbocycles. The quantitative estimate of drug-likeness (QED) is 0.703. The molecular weight excluding hydrogens is 240 g/mol. The second kappa shape index (κ2) is 6.17. The molecule has 5 nitrogen and oxygen atoms in total. The van der Waals surface area contributed by atoms with Gasteiger partial charge in [0.25, 0.3) is 0 Å². The molecule has 0 radical (unpaired) electrons. The van der Waals surface area contributed by atoms with Gasteiger partial charge in [0.2, 0.25) is 0 Å². The smallest absolute Gasteiger partial charge is 0.324 e. The maximum atomic E-state index is 11.7. The molecule has 90 valence electrons. The first kappa shape index (κ1) is 14.5. The van der Waals surface area contributed by atoms with E-state index in [4.69, 9.17) is 10.7 Å². The summed E-state index contributed by atoms with van der Waals surface area (Å²) in [6.45, 7) is 4.91. The van der Waals surface area contributed by atoms with Crippen molar-refractivity contribution in [3.8, 4) is 0 Å². The van der Waals surface area contributed by atoms with Gasteiger partial charge in [-0.2, -0.15) is 8.42 Å². The molecule has 0 atom stereocenters. The molecular formula is C8H17ClN2O3S. The number of carbonyl (C=O) groups excluding carboxylic acids is 1. The zero-order chi connectivity index (χ0) is 12.1. The van der Waals surface area contributed by atoms with Crippen LogP contribution in [0.5, 0.6) is 0 Å². The van der Waals surface area contributed by atoms with Crippen LogP contribution in [0.2, 0.25) is 0 Å². The topological polar surface area (TPSA) is 57.7 Å². The average molecular weight is 257 g/mol. The maximum absolute atomic E-state index is 11.7.